The first kappa shape index (κ1) is 14.1. The number of hydrogen-bond acceptors (Lipinski definition) is 5. The summed E-state index contributed by atoms with van der Waals surface area (Å²) in [5, 5.41) is 21.4. The zero-order valence-corrected chi connectivity index (χ0v) is 12.1. The zero-order valence-electron chi connectivity index (χ0n) is 12.1. The first-order valence-corrected chi connectivity index (χ1v) is 7.45. The molecule has 1 aliphatic heterocycles. The quantitative estimate of drug-likeness (QED) is 0.680. The molecule has 0 amide bonds. The van der Waals surface area contributed by atoms with E-state index < -0.39 is 0 Å². The van der Waals surface area contributed by atoms with Gasteiger partial charge in [-0.1, -0.05) is 6.07 Å². The van der Waals surface area contributed by atoms with Crippen LogP contribution in [0.2, 0.25) is 0 Å². The van der Waals surface area contributed by atoms with Gasteiger partial charge >= 0.3 is 5.69 Å². The van der Waals surface area contributed by atoms with E-state index in [-0.39, 0.29) is 22.6 Å². The minimum absolute atomic E-state index is 0.0359. The van der Waals surface area contributed by atoms with Crippen molar-refractivity contribution in [2.75, 3.05) is 24.6 Å². The van der Waals surface area contributed by atoms with Crippen molar-refractivity contribution < 1.29 is 14.8 Å². The van der Waals surface area contributed by atoms with E-state index in [0.29, 0.717) is 30.5 Å². The second kappa shape index (κ2) is 5.52. The number of rotatable bonds is 4. The summed E-state index contributed by atoms with van der Waals surface area (Å²) in [5.41, 5.74) is 0.640. The van der Waals surface area contributed by atoms with Crippen LogP contribution in [-0.4, -0.2) is 35.8 Å². The van der Waals surface area contributed by atoms with Gasteiger partial charge in [-0.15, -0.1) is 0 Å². The maximum atomic E-state index is 11.4. The van der Waals surface area contributed by atoms with Gasteiger partial charge in [0.05, 0.1) is 17.6 Å². The van der Waals surface area contributed by atoms with Crippen molar-refractivity contribution >= 4 is 11.4 Å². The van der Waals surface area contributed by atoms with Crippen LogP contribution in [0.4, 0.5) is 11.4 Å². The number of benzene rings is 1. The first-order chi connectivity index (χ1) is 10.1. The predicted molar refractivity (Wildman–Crippen MR) is 78.7 cm³/mol. The summed E-state index contributed by atoms with van der Waals surface area (Å²) in [6.45, 7) is 3.67. The number of hydrogen-bond donors (Lipinski definition) is 1. The molecular formula is C15H20N2O4. The van der Waals surface area contributed by atoms with Gasteiger partial charge in [0.1, 0.15) is 5.69 Å². The lowest BCUT2D eigenvalue weighted by Crippen LogP contribution is -2.25. The average molecular weight is 292 g/mol. The number of ether oxygens (including phenoxy) is 1. The molecule has 1 saturated carbocycles. The number of aliphatic hydroxyl groups is 1. The minimum Gasteiger partial charge on any atom is -0.487 e. The molecule has 0 spiro atoms. The molecule has 2 fully saturated rings. The average Bonchev–Trinajstić information content (AvgIpc) is 3.01. The van der Waals surface area contributed by atoms with Gasteiger partial charge in [-0.25, -0.2) is 0 Å². The van der Waals surface area contributed by atoms with Gasteiger partial charge in [-0.2, -0.15) is 0 Å². The van der Waals surface area contributed by atoms with E-state index in [1.165, 1.54) is 0 Å². The number of anilines is 1. The Hall–Kier alpha value is -1.82. The Morgan fingerprint density at radius 1 is 1.43 bits per heavy atom. The first-order valence-electron chi connectivity index (χ1n) is 7.45. The summed E-state index contributed by atoms with van der Waals surface area (Å²) < 4.78 is 5.40. The van der Waals surface area contributed by atoms with Crippen LogP contribution in [0, 0.1) is 22.0 Å². The zero-order chi connectivity index (χ0) is 15.0. The molecule has 1 saturated heterocycles. The van der Waals surface area contributed by atoms with Crippen molar-refractivity contribution in [2.24, 2.45) is 11.8 Å². The fourth-order valence-corrected chi connectivity index (χ4v) is 3.65. The molecule has 6 nitrogen and oxygen atoms in total. The smallest absolute Gasteiger partial charge is 0.333 e. The van der Waals surface area contributed by atoms with E-state index in [2.05, 4.69) is 0 Å². The van der Waals surface area contributed by atoms with E-state index in [4.69, 9.17) is 4.74 Å². The van der Waals surface area contributed by atoms with Gasteiger partial charge in [0.15, 0.2) is 5.75 Å². The van der Waals surface area contributed by atoms with E-state index in [0.717, 1.165) is 19.4 Å². The molecule has 1 heterocycles. The molecule has 6 heteroatoms. The monoisotopic (exact) mass is 292 g/mol. The van der Waals surface area contributed by atoms with Crippen LogP contribution in [0.3, 0.4) is 0 Å². The van der Waals surface area contributed by atoms with Gasteiger partial charge in [-0.05, 0) is 37.8 Å². The molecule has 21 heavy (non-hydrogen) atoms. The predicted octanol–water partition coefficient (Wildman–Crippen LogP) is 2.20. The highest BCUT2D eigenvalue weighted by Crippen LogP contribution is 2.44. The topological polar surface area (TPSA) is 75.8 Å². The molecule has 2 aliphatic rings. The molecule has 1 aliphatic carbocycles. The third kappa shape index (κ3) is 2.44. The van der Waals surface area contributed by atoms with Crippen LogP contribution in [-0.2, 0) is 0 Å². The highest BCUT2D eigenvalue weighted by Gasteiger charge is 2.43. The van der Waals surface area contributed by atoms with Crippen molar-refractivity contribution in [3.63, 3.8) is 0 Å². The Morgan fingerprint density at radius 2 is 2.24 bits per heavy atom. The largest absolute Gasteiger partial charge is 0.487 e. The highest BCUT2D eigenvalue weighted by atomic mass is 16.6. The van der Waals surface area contributed by atoms with Crippen molar-refractivity contribution in [1.82, 2.24) is 0 Å². The molecule has 0 radical (unpaired) electrons. The molecule has 1 N–H and O–H groups in total. The molecule has 0 aromatic heterocycles. The van der Waals surface area contributed by atoms with Crippen LogP contribution in [0.15, 0.2) is 18.2 Å². The summed E-state index contributed by atoms with van der Waals surface area (Å²) in [7, 11) is 0. The molecule has 3 unspecified atom stereocenters. The summed E-state index contributed by atoms with van der Waals surface area (Å²) in [5.74, 6) is 0.994. The lowest BCUT2D eigenvalue weighted by molar-refractivity contribution is -0.385. The van der Waals surface area contributed by atoms with Crippen LogP contribution in [0.5, 0.6) is 5.75 Å². The number of para-hydroxylation sites is 1. The number of nitro benzene ring substituents is 1. The summed E-state index contributed by atoms with van der Waals surface area (Å²) >= 11 is 0. The maximum Gasteiger partial charge on any atom is 0.333 e. The molecular weight excluding hydrogens is 272 g/mol. The molecule has 0 bridgehead atoms. The summed E-state index contributed by atoms with van der Waals surface area (Å²) in [4.78, 5) is 13.1. The van der Waals surface area contributed by atoms with Gasteiger partial charge in [0, 0.05) is 19.0 Å². The van der Waals surface area contributed by atoms with Crippen molar-refractivity contribution in [3.05, 3.63) is 28.3 Å². The van der Waals surface area contributed by atoms with Gasteiger partial charge in [0.25, 0.3) is 0 Å². The maximum absolute atomic E-state index is 11.4. The molecule has 1 aromatic carbocycles. The van der Waals surface area contributed by atoms with Gasteiger partial charge in [0.2, 0.25) is 0 Å². The molecule has 3 atom stereocenters. The molecule has 114 valence electrons. The minimum atomic E-state index is -0.370. The fraction of sp³-hybridized carbons (Fsp3) is 0.600. The Bertz CT molecular complexity index is 548. The van der Waals surface area contributed by atoms with Crippen LogP contribution in [0.1, 0.15) is 19.8 Å². The third-order valence-electron chi connectivity index (χ3n) is 4.62. The van der Waals surface area contributed by atoms with E-state index in [9.17, 15) is 15.2 Å². The van der Waals surface area contributed by atoms with E-state index in [1.54, 1.807) is 18.2 Å². The normalized spacial score (nSPS) is 27.7. The molecule has 1 aromatic rings. The summed E-state index contributed by atoms with van der Waals surface area (Å²) in [6, 6.07) is 5.20. The van der Waals surface area contributed by atoms with E-state index in [1.807, 2.05) is 11.8 Å². The van der Waals surface area contributed by atoms with Gasteiger partial charge in [-0.3, -0.25) is 10.1 Å². The number of nitro groups is 1. The third-order valence-corrected chi connectivity index (χ3v) is 4.62. The lowest BCUT2D eigenvalue weighted by atomic mass is 10.00. The van der Waals surface area contributed by atoms with Crippen LogP contribution in [0.25, 0.3) is 0 Å². The second-order valence-electron chi connectivity index (χ2n) is 5.79. The number of nitrogens with zero attached hydrogens (tertiary/aromatic N) is 2. The number of aliphatic hydroxyl groups excluding tert-OH is 1. The number of fused-ring (bicyclic) bond motifs is 1. The van der Waals surface area contributed by atoms with Crippen LogP contribution < -0.4 is 9.64 Å². The lowest BCUT2D eigenvalue weighted by Gasteiger charge is -2.21. The van der Waals surface area contributed by atoms with Crippen LogP contribution >= 0.6 is 0 Å². The van der Waals surface area contributed by atoms with Gasteiger partial charge < -0.3 is 14.7 Å². The standard InChI is InChI=1S/C15H20N2O4/c1-2-21-14-5-3-4-12(15(14)17(19)20)16-8-10-6-7-13(18)11(10)9-16/h3-5,10-11,13,18H,2,6-9H2,1H3. The fourth-order valence-electron chi connectivity index (χ4n) is 3.65. The van der Waals surface area contributed by atoms with Crippen molar-refractivity contribution in [3.8, 4) is 5.75 Å². The van der Waals surface area contributed by atoms with Crippen molar-refractivity contribution in [2.45, 2.75) is 25.9 Å². The Labute approximate surface area is 123 Å². The Morgan fingerprint density at radius 3 is 2.90 bits per heavy atom. The SMILES string of the molecule is CCOc1cccc(N2CC3CCC(O)C3C2)c1[N+](=O)[O-]. The Balaban J connectivity index is 1.92. The highest BCUT2D eigenvalue weighted by molar-refractivity contribution is 5.70. The second-order valence-corrected chi connectivity index (χ2v) is 5.79. The summed E-state index contributed by atoms with van der Waals surface area (Å²) in [6.07, 6.45) is 1.58. The van der Waals surface area contributed by atoms with E-state index >= 15 is 0 Å². The Kier molecular flexibility index (Phi) is 3.71. The molecule has 3 rings (SSSR count). The van der Waals surface area contributed by atoms with Crippen molar-refractivity contribution in [1.29, 1.82) is 0 Å².